The van der Waals surface area contributed by atoms with Gasteiger partial charge in [-0.25, -0.2) is 0 Å². The first kappa shape index (κ1) is 14.2. The van der Waals surface area contributed by atoms with E-state index in [1.807, 2.05) is 26.0 Å². The minimum absolute atomic E-state index is 0.00824. The molecule has 0 bridgehead atoms. The molecule has 0 saturated heterocycles. The van der Waals surface area contributed by atoms with Gasteiger partial charge in [-0.2, -0.15) is 0 Å². The number of anilines is 1. The van der Waals surface area contributed by atoms with Gasteiger partial charge in [0.25, 0.3) is 0 Å². The number of amides is 1. The second-order valence-electron chi connectivity index (χ2n) is 4.17. The number of nitrogens with one attached hydrogen (secondary N) is 1. The Balaban J connectivity index is 2.65. The molecule has 0 saturated carbocycles. The number of hydrogen-bond acceptors (Lipinski definition) is 2. The van der Waals surface area contributed by atoms with Gasteiger partial charge in [-0.05, 0) is 59.8 Å². The maximum atomic E-state index is 11.7. The highest BCUT2D eigenvalue weighted by Crippen LogP contribution is 2.27. The highest BCUT2D eigenvalue weighted by atomic mass is 79.9. The largest absolute Gasteiger partial charge is 0.396 e. The maximum absolute atomic E-state index is 11.7. The summed E-state index contributed by atoms with van der Waals surface area (Å²) in [4.78, 5) is 11.7. The van der Waals surface area contributed by atoms with Crippen LogP contribution >= 0.6 is 15.9 Å². The lowest BCUT2D eigenvalue weighted by Gasteiger charge is -2.11. The maximum Gasteiger partial charge on any atom is 0.224 e. The third kappa shape index (κ3) is 4.48. The first-order valence-corrected chi connectivity index (χ1v) is 6.51. The Morgan fingerprint density at radius 1 is 1.35 bits per heavy atom. The van der Waals surface area contributed by atoms with E-state index in [2.05, 4.69) is 21.2 Å². The summed E-state index contributed by atoms with van der Waals surface area (Å²) in [7, 11) is 0. The Bertz CT molecular complexity index is 381. The summed E-state index contributed by atoms with van der Waals surface area (Å²) in [5.41, 5.74) is 3.05. The summed E-state index contributed by atoms with van der Waals surface area (Å²) in [5, 5.41) is 11.5. The number of aliphatic hydroxyl groups excluding tert-OH is 1. The molecule has 0 heterocycles. The minimum atomic E-state index is -0.00824. The van der Waals surface area contributed by atoms with Crippen LogP contribution in [0.4, 0.5) is 5.69 Å². The van der Waals surface area contributed by atoms with Gasteiger partial charge in [0.15, 0.2) is 0 Å². The van der Waals surface area contributed by atoms with Crippen LogP contribution in [0, 0.1) is 13.8 Å². The molecule has 4 heteroatoms. The Labute approximate surface area is 110 Å². The van der Waals surface area contributed by atoms with Crippen LogP contribution in [-0.2, 0) is 4.79 Å². The third-order valence-corrected chi connectivity index (χ3v) is 3.13. The summed E-state index contributed by atoms with van der Waals surface area (Å²) in [5.74, 6) is -0.00824. The molecule has 17 heavy (non-hydrogen) atoms. The molecule has 94 valence electrons. The molecular formula is C13H18BrNO2. The van der Waals surface area contributed by atoms with E-state index in [1.165, 1.54) is 0 Å². The van der Waals surface area contributed by atoms with Crippen LogP contribution in [0.3, 0.4) is 0 Å². The molecule has 0 atom stereocenters. The number of unbranched alkanes of at least 4 members (excludes halogenated alkanes) is 1. The van der Waals surface area contributed by atoms with Crippen molar-refractivity contribution in [3.05, 3.63) is 27.7 Å². The van der Waals surface area contributed by atoms with Gasteiger partial charge in [0.1, 0.15) is 0 Å². The number of carbonyl (C=O) groups excluding carboxylic acids is 1. The number of carbonyl (C=O) groups is 1. The van der Waals surface area contributed by atoms with Gasteiger partial charge >= 0.3 is 0 Å². The summed E-state index contributed by atoms with van der Waals surface area (Å²) in [6, 6.07) is 4.02. The second-order valence-corrected chi connectivity index (χ2v) is 5.02. The SMILES string of the molecule is Cc1cc(C)c(NC(=O)CCCCO)c(Br)c1. The normalized spacial score (nSPS) is 10.4. The molecule has 0 fully saturated rings. The zero-order valence-electron chi connectivity index (χ0n) is 10.2. The summed E-state index contributed by atoms with van der Waals surface area (Å²) in [6.45, 7) is 4.13. The molecular weight excluding hydrogens is 282 g/mol. The van der Waals surface area contributed by atoms with Gasteiger partial charge in [0.2, 0.25) is 5.91 Å². The lowest BCUT2D eigenvalue weighted by atomic mass is 10.1. The number of aryl methyl sites for hydroxylation is 2. The number of aliphatic hydroxyl groups is 1. The monoisotopic (exact) mass is 299 g/mol. The highest BCUT2D eigenvalue weighted by Gasteiger charge is 2.08. The fourth-order valence-electron chi connectivity index (χ4n) is 1.67. The predicted octanol–water partition coefficient (Wildman–Crippen LogP) is 3.17. The highest BCUT2D eigenvalue weighted by molar-refractivity contribution is 9.10. The van der Waals surface area contributed by atoms with Crippen molar-refractivity contribution in [2.45, 2.75) is 33.1 Å². The van der Waals surface area contributed by atoms with Crippen LogP contribution in [-0.4, -0.2) is 17.6 Å². The Morgan fingerprint density at radius 2 is 2.06 bits per heavy atom. The van der Waals surface area contributed by atoms with Crippen molar-refractivity contribution < 1.29 is 9.90 Å². The summed E-state index contributed by atoms with van der Waals surface area (Å²) >= 11 is 3.45. The number of benzene rings is 1. The average molecular weight is 300 g/mol. The van der Waals surface area contributed by atoms with E-state index in [0.717, 1.165) is 21.3 Å². The average Bonchev–Trinajstić information content (AvgIpc) is 2.24. The minimum Gasteiger partial charge on any atom is -0.396 e. The fourth-order valence-corrected chi connectivity index (χ4v) is 2.45. The zero-order chi connectivity index (χ0) is 12.8. The predicted molar refractivity (Wildman–Crippen MR) is 73.2 cm³/mol. The Kier molecular flexibility index (Phi) is 5.65. The van der Waals surface area contributed by atoms with Crippen LogP contribution < -0.4 is 5.32 Å². The van der Waals surface area contributed by atoms with Crippen molar-refractivity contribution in [2.75, 3.05) is 11.9 Å². The van der Waals surface area contributed by atoms with Crippen LogP contribution in [0.25, 0.3) is 0 Å². The van der Waals surface area contributed by atoms with E-state index in [0.29, 0.717) is 19.3 Å². The molecule has 0 aliphatic rings. The lowest BCUT2D eigenvalue weighted by molar-refractivity contribution is -0.116. The van der Waals surface area contributed by atoms with E-state index in [9.17, 15) is 4.79 Å². The third-order valence-electron chi connectivity index (χ3n) is 2.51. The van der Waals surface area contributed by atoms with E-state index >= 15 is 0 Å². The van der Waals surface area contributed by atoms with Crippen molar-refractivity contribution in [2.24, 2.45) is 0 Å². The summed E-state index contributed by atoms with van der Waals surface area (Å²) < 4.78 is 0.908. The molecule has 1 amide bonds. The molecule has 0 spiro atoms. The van der Waals surface area contributed by atoms with Gasteiger partial charge in [0, 0.05) is 17.5 Å². The molecule has 3 nitrogen and oxygen atoms in total. The fraction of sp³-hybridized carbons (Fsp3) is 0.462. The van der Waals surface area contributed by atoms with Crippen molar-refractivity contribution in [3.63, 3.8) is 0 Å². The molecule has 2 N–H and O–H groups in total. The van der Waals surface area contributed by atoms with E-state index in [4.69, 9.17) is 5.11 Å². The zero-order valence-corrected chi connectivity index (χ0v) is 11.8. The van der Waals surface area contributed by atoms with Crippen molar-refractivity contribution in [1.82, 2.24) is 0 Å². The van der Waals surface area contributed by atoms with Crippen molar-refractivity contribution in [3.8, 4) is 0 Å². The number of hydrogen-bond donors (Lipinski definition) is 2. The van der Waals surface area contributed by atoms with Crippen LogP contribution in [0.2, 0.25) is 0 Å². The quantitative estimate of drug-likeness (QED) is 0.821. The molecule has 1 aromatic carbocycles. The van der Waals surface area contributed by atoms with E-state index in [-0.39, 0.29) is 12.5 Å². The standard InChI is InChI=1S/C13H18BrNO2/c1-9-7-10(2)13(11(14)8-9)15-12(17)5-3-4-6-16/h7-8,16H,3-6H2,1-2H3,(H,15,17). The lowest BCUT2D eigenvalue weighted by Crippen LogP contribution is -2.12. The first-order chi connectivity index (χ1) is 8.04. The van der Waals surface area contributed by atoms with Gasteiger partial charge in [-0.1, -0.05) is 6.07 Å². The molecule has 1 aromatic rings. The molecule has 0 aliphatic carbocycles. The number of rotatable bonds is 5. The van der Waals surface area contributed by atoms with Gasteiger partial charge < -0.3 is 10.4 Å². The molecule has 0 aliphatic heterocycles. The van der Waals surface area contributed by atoms with Crippen LogP contribution in [0.1, 0.15) is 30.4 Å². The van der Waals surface area contributed by atoms with Crippen LogP contribution in [0.5, 0.6) is 0 Å². The van der Waals surface area contributed by atoms with Crippen molar-refractivity contribution in [1.29, 1.82) is 0 Å². The first-order valence-electron chi connectivity index (χ1n) is 5.72. The molecule has 1 rings (SSSR count). The van der Waals surface area contributed by atoms with Crippen molar-refractivity contribution >= 4 is 27.5 Å². The van der Waals surface area contributed by atoms with Gasteiger partial charge in [0.05, 0.1) is 5.69 Å². The molecule has 0 radical (unpaired) electrons. The second kappa shape index (κ2) is 6.77. The Morgan fingerprint density at radius 3 is 2.65 bits per heavy atom. The van der Waals surface area contributed by atoms with E-state index < -0.39 is 0 Å². The van der Waals surface area contributed by atoms with E-state index in [1.54, 1.807) is 0 Å². The molecule has 0 aromatic heterocycles. The topological polar surface area (TPSA) is 49.3 Å². The summed E-state index contributed by atoms with van der Waals surface area (Å²) in [6.07, 6.45) is 1.83. The van der Waals surface area contributed by atoms with Crippen LogP contribution in [0.15, 0.2) is 16.6 Å². The smallest absolute Gasteiger partial charge is 0.224 e. The molecule has 0 unspecified atom stereocenters. The number of halogens is 1. The Hall–Kier alpha value is -0.870. The van der Waals surface area contributed by atoms with Gasteiger partial charge in [-0.15, -0.1) is 0 Å². The van der Waals surface area contributed by atoms with Gasteiger partial charge in [-0.3, -0.25) is 4.79 Å².